The highest BCUT2D eigenvalue weighted by Crippen LogP contribution is 2.18. The van der Waals surface area contributed by atoms with E-state index in [0.717, 1.165) is 89.9 Å². The van der Waals surface area contributed by atoms with Crippen LogP contribution >= 0.6 is 0 Å². The third kappa shape index (κ3) is 63.9. The van der Waals surface area contributed by atoms with Gasteiger partial charge < -0.3 is 14.2 Å². The zero-order valence-corrected chi connectivity index (χ0v) is 52.2. The summed E-state index contributed by atoms with van der Waals surface area (Å²) in [5.74, 6) is -0.847. The zero-order chi connectivity index (χ0) is 56.4. The number of rotatable bonds is 63. The Balaban J connectivity index is 4.16. The van der Waals surface area contributed by atoms with Crippen LogP contribution in [0.2, 0.25) is 0 Å². The molecule has 0 N–H and O–H groups in total. The topological polar surface area (TPSA) is 78.9 Å². The van der Waals surface area contributed by atoms with Crippen LogP contribution in [0, 0.1) is 0 Å². The molecule has 0 aliphatic heterocycles. The van der Waals surface area contributed by atoms with Crippen molar-refractivity contribution in [2.24, 2.45) is 0 Å². The van der Waals surface area contributed by atoms with Crippen molar-refractivity contribution in [2.75, 3.05) is 13.2 Å². The van der Waals surface area contributed by atoms with Crippen LogP contribution in [0.3, 0.4) is 0 Å². The summed E-state index contributed by atoms with van der Waals surface area (Å²) < 4.78 is 16.9. The lowest BCUT2D eigenvalue weighted by Crippen LogP contribution is -2.30. The molecule has 454 valence electrons. The highest BCUT2D eigenvalue weighted by atomic mass is 16.6. The summed E-state index contributed by atoms with van der Waals surface area (Å²) in [7, 11) is 0. The summed E-state index contributed by atoms with van der Waals surface area (Å²) in [5, 5.41) is 0. The summed E-state index contributed by atoms with van der Waals surface area (Å²) >= 11 is 0. The van der Waals surface area contributed by atoms with E-state index in [2.05, 4.69) is 81.5 Å². The standard InChI is InChI=1S/C72H130O6/c1-4-7-10-13-16-19-22-24-26-28-30-32-33-34-35-36-37-38-39-41-42-44-46-48-50-53-56-59-62-65-71(74)77-68-69(67-76-70(73)64-61-58-55-52-21-18-15-12-9-6-3)78-72(75)66-63-60-57-54-51-49-47-45-43-40-31-29-27-25-23-20-17-14-11-8-5-2/h7,10,16,19,24,26,30,32,34-35,69H,4-6,8-9,11-15,17-18,20-23,25,27-29,31,33,36-68H2,1-3H3/b10-7-,19-16-,26-24-,32-30-,35-34-. The molecule has 0 saturated heterocycles. The molecule has 0 bridgehead atoms. The van der Waals surface area contributed by atoms with E-state index in [4.69, 9.17) is 14.2 Å². The quantitative estimate of drug-likeness (QED) is 0.0261. The highest BCUT2D eigenvalue weighted by Gasteiger charge is 2.19. The molecule has 1 unspecified atom stereocenters. The molecule has 0 spiro atoms. The van der Waals surface area contributed by atoms with Gasteiger partial charge in [-0.3, -0.25) is 14.4 Å². The van der Waals surface area contributed by atoms with Crippen molar-refractivity contribution < 1.29 is 28.6 Å². The molecule has 0 aromatic carbocycles. The van der Waals surface area contributed by atoms with Gasteiger partial charge in [0.05, 0.1) is 0 Å². The van der Waals surface area contributed by atoms with Gasteiger partial charge in [0.1, 0.15) is 13.2 Å². The fraction of sp³-hybridized carbons (Fsp3) is 0.819. The first kappa shape index (κ1) is 75.1. The minimum atomic E-state index is -0.770. The smallest absolute Gasteiger partial charge is 0.306 e. The zero-order valence-electron chi connectivity index (χ0n) is 52.2. The molecule has 1 atom stereocenters. The number of carbonyl (C=O) groups is 3. The molecule has 0 rings (SSSR count). The molecule has 0 aliphatic carbocycles. The molecule has 0 heterocycles. The summed E-state index contributed by atoms with van der Waals surface area (Å²) in [5.41, 5.74) is 0. The van der Waals surface area contributed by atoms with Gasteiger partial charge in [0.25, 0.3) is 0 Å². The number of unbranched alkanes of at least 4 members (excludes halogenated alkanes) is 42. The number of allylic oxidation sites excluding steroid dienone is 10. The van der Waals surface area contributed by atoms with Crippen LogP contribution < -0.4 is 0 Å². The Labute approximate surface area is 485 Å². The molecule has 0 aromatic heterocycles. The number of hydrogen-bond donors (Lipinski definition) is 0. The molecular weight excluding hydrogens is 961 g/mol. The molecule has 0 saturated carbocycles. The third-order valence-corrected chi connectivity index (χ3v) is 15.3. The molecule has 0 radical (unpaired) electrons. The number of hydrogen-bond acceptors (Lipinski definition) is 6. The normalized spacial score (nSPS) is 12.4. The van der Waals surface area contributed by atoms with Gasteiger partial charge in [-0.1, -0.05) is 338 Å². The molecule has 0 amide bonds. The van der Waals surface area contributed by atoms with Crippen molar-refractivity contribution in [2.45, 2.75) is 367 Å². The first-order valence-corrected chi connectivity index (χ1v) is 34.3. The second kappa shape index (κ2) is 66.6. The van der Waals surface area contributed by atoms with E-state index >= 15 is 0 Å². The Hall–Kier alpha value is -2.89. The van der Waals surface area contributed by atoms with Gasteiger partial charge in [-0.15, -0.1) is 0 Å². The summed E-state index contributed by atoms with van der Waals surface area (Å²) in [6.45, 7) is 6.57. The van der Waals surface area contributed by atoms with E-state index in [9.17, 15) is 14.4 Å². The highest BCUT2D eigenvalue weighted by molar-refractivity contribution is 5.71. The second-order valence-corrected chi connectivity index (χ2v) is 23.1. The van der Waals surface area contributed by atoms with Crippen molar-refractivity contribution in [1.29, 1.82) is 0 Å². The molecule has 0 aliphatic rings. The van der Waals surface area contributed by atoms with Gasteiger partial charge >= 0.3 is 17.9 Å². The minimum absolute atomic E-state index is 0.0681. The first-order chi connectivity index (χ1) is 38.5. The number of carbonyl (C=O) groups excluding carboxylic acids is 3. The van der Waals surface area contributed by atoms with E-state index in [-0.39, 0.29) is 31.1 Å². The second-order valence-electron chi connectivity index (χ2n) is 23.1. The summed E-state index contributed by atoms with van der Waals surface area (Å²) in [6, 6.07) is 0. The van der Waals surface area contributed by atoms with Gasteiger partial charge in [-0.05, 0) is 64.2 Å². The fourth-order valence-electron chi connectivity index (χ4n) is 10.2. The number of ether oxygens (including phenoxy) is 3. The molecule has 0 aromatic rings. The van der Waals surface area contributed by atoms with Crippen LogP contribution in [0.4, 0.5) is 0 Å². The molecule has 78 heavy (non-hydrogen) atoms. The van der Waals surface area contributed by atoms with Crippen LogP contribution in [0.25, 0.3) is 0 Å². The van der Waals surface area contributed by atoms with E-state index in [0.29, 0.717) is 19.3 Å². The molecule has 0 fully saturated rings. The Bertz CT molecular complexity index is 1390. The van der Waals surface area contributed by atoms with Crippen LogP contribution in [0.15, 0.2) is 60.8 Å². The Morgan fingerprint density at radius 2 is 0.500 bits per heavy atom. The Morgan fingerprint density at radius 3 is 0.782 bits per heavy atom. The van der Waals surface area contributed by atoms with Gasteiger partial charge in [0.2, 0.25) is 0 Å². The van der Waals surface area contributed by atoms with Gasteiger partial charge in [-0.25, -0.2) is 0 Å². The first-order valence-electron chi connectivity index (χ1n) is 34.3. The van der Waals surface area contributed by atoms with E-state index in [1.54, 1.807) is 0 Å². The van der Waals surface area contributed by atoms with Crippen molar-refractivity contribution in [3.8, 4) is 0 Å². The lowest BCUT2D eigenvalue weighted by Gasteiger charge is -2.18. The Morgan fingerprint density at radius 1 is 0.269 bits per heavy atom. The van der Waals surface area contributed by atoms with Crippen LogP contribution in [0.5, 0.6) is 0 Å². The monoisotopic (exact) mass is 1090 g/mol. The predicted molar refractivity (Wildman–Crippen MR) is 339 cm³/mol. The van der Waals surface area contributed by atoms with Crippen molar-refractivity contribution in [3.63, 3.8) is 0 Å². The van der Waals surface area contributed by atoms with Gasteiger partial charge in [0, 0.05) is 19.3 Å². The minimum Gasteiger partial charge on any atom is -0.462 e. The predicted octanol–water partition coefficient (Wildman–Crippen LogP) is 23.5. The van der Waals surface area contributed by atoms with Crippen molar-refractivity contribution in [1.82, 2.24) is 0 Å². The van der Waals surface area contributed by atoms with Crippen molar-refractivity contribution >= 4 is 17.9 Å². The molecule has 6 nitrogen and oxygen atoms in total. The molecule has 6 heteroatoms. The van der Waals surface area contributed by atoms with E-state index in [1.807, 2.05) is 0 Å². The fourth-order valence-corrected chi connectivity index (χ4v) is 10.2. The Kier molecular flexibility index (Phi) is 64.2. The molecular formula is C72H130O6. The maximum Gasteiger partial charge on any atom is 0.306 e. The summed E-state index contributed by atoms with van der Waals surface area (Å²) in [4.78, 5) is 38.3. The lowest BCUT2D eigenvalue weighted by molar-refractivity contribution is -0.167. The van der Waals surface area contributed by atoms with Gasteiger partial charge in [-0.2, -0.15) is 0 Å². The lowest BCUT2D eigenvalue weighted by atomic mass is 10.0. The van der Waals surface area contributed by atoms with E-state index < -0.39 is 6.10 Å². The largest absolute Gasteiger partial charge is 0.462 e. The average Bonchev–Trinajstić information content (AvgIpc) is 3.44. The maximum atomic E-state index is 12.9. The van der Waals surface area contributed by atoms with Crippen LogP contribution in [0.1, 0.15) is 361 Å². The van der Waals surface area contributed by atoms with Crippen molar-refractivity contribution in [3.05, 3.63) is 60.8 Å². The van der Waals surface area contributed by atoms with Gasteiger partial charge in [0.15, 0.2) is 6.10 Å². The SMILES string of the molecule is CC/C=C\C/C=C\C/C=C\C/C=C\C/C=C\CCCCCCCCCCCCCCCC(=O)OCC(COC(=O)CCCCCCCCCCCC)OC(=O)CCCCCCCCCCCCCCCCCCCCCCC. The average molecular weight is 1090 g/mol. The van der Waals surface area contributed by atoms with Crippen LogP contribution in [-0.4, -0.2) is 37.2 Å². The maximum absolute atomic E-state index is 12.9. The number of esters is 3. The summed E-state index contributed by atoms with van der Waals surface area (Å²) in [6.07, 6.45) is 85.4. The van der Waals surface area contributed by atoms with E-state index in [1.165, 1.54) is 231 Å². The van der Waals surface area contributed by atoms with Crippen LogP contribution in [-0.2, 0) is 28.6 Å². The third-order valence-electron chi connectivity index (χ3n) is 15.3.